The van der Waals surface area contributed by atoms with E-state index in [1.54, 1.807) is 12.1 Å². The average molecular weight is 258 g/mol. The zero-order valence-corrected chi connectivity index (χ0v) is 11.1. The van der Waals surface area contributed by atoms with Gasteiger partial charge in [0.2, 0.25) is 0 Å². The highest BCUT2D eigenvalue weighted by Gasteiger charge is 2.01. The van der Waals surface area contributed by atoms with Gasteiger partial charge in [-0.15, -0.1) is 0 Å². The Labute approximate surface area is 108 Å². The number of nitrogen functional groups attached to an aromatic ring is 1. The lowest BCUT2D eigenvalue weighted by Crippen LogP contribution is -2.09. The summed E-state index contributed by atoms with van der Waals surface area (Å²) in [6, 6.07) is 3.43. The summed E-state index contributed by atoms with van der Waals surface area (Å²) in [5.41, 5.74) is 6.38. The first-order chi connectivity index (χ1) is 8.09. The second kappa shape index (κ2) is 7.35. The number of ether oxygens (including phenoxy) is 1. The maximum Gasteiger partial charge on any atom is 0.150 e. The fourth-order valence-electron chi connectivity index (χ4n) is 1.34. The Bertz CT molecular complexity index is 345. The van der Waals surface area contributed by atoms with E-state index < -0.39 is 0 Å². The van der Waals surface area contributed by atoms with Crippen LogP contribution >= 0.6 is 11.6 Å². The molecule has 0 fully saturated rings. The smallest absolute Gasteiger partial charge is 0.150 e. The molecule has 5 heteroatoms. The van der Waals surface area contributed by atoms with E-state index in [1.807, 2.05) is 13.8 Å². The summed E-state index contributed by atoms with van der Waals surface area (Å²) in [4.78, 5) is 4.12. The van der Waals surface area contributed by atoms with Gasteiger partial charge < -0.3 is 15.8 Å². The van der Waals surface area contributed by atoms with Crippen LogP contribution in [0, 0.1) is 0 Å². The number of anilines is 2. The Morgan fingerprint density at radius 1 is 1.41 bits per heavy atom. The first kappa shape index (κ1) is 14.1. The largest absolute Gasteiger partial charge is 0.396 e. The first-order valence-corrected chi connectivity index (χ1v) is 6.25. The van der Waals surface area contributed by atoms with Crippen LogP contribution in [0.5, 0.6) is 0 Å². The van der Waals surface area contributed by atoms with Gasteiger partial charge in [0.1, 0.15) is 5.15 Å². The third-order valence-corrected chi connectivity index (χ3v) is 2.42. The second-order valence-electron chi connectivity index (χ2n) is 4.13. The zero-order valence-electron chi connectivity index (χ0n) is 10.4. The van der Waals surface area contributed by atoms with Crippen molar-refractivity contribution >= 4 is 23.1 Å². The number of halogens is 1. The molecule has 1 aromatic heterocycles. The minimum atomic E-state index is 0.299. The predicted molar refractivity (Wildman–Crippen MR) is 72.5 cm³/mol. The van der Waals surface area contributed by atoms with Crippen molar-refractivity contribution in [2.75, 3.05) is 24.2 Å². The van der Waals surface area contributed by atoms with E-state index in [1.165, 1.54) is 0 Å². The van der Waals surface area contributed by atoms with Gasteiger partial charge in [-0.2, -0.15) is 0 Å². The Kier molecular flexibility index (Phi) is 6.08. The zero-order chi connectivity index (χ0) is 12.7. The molecule has 0 amide bonds. The maximum absolute atomic E-state index is 5.79. The number of hydrogen-bond acceptors (Lipinski definition) is 4. The molecule has 3 N–H and O–H groups in total. The van der Waals surface area contributed by atoms with E-state index in [0.29, 0.717) is 22.8 Å². The molecule has 0 spiro atoms. The Hall–Kier alpha value is -1.00. The molecule has 96 valence electrons. The van der Waals surface area contributed by atoms with Crippen molar-refractivity contribution in [1.29, 1.82) is 0 Å². The van der Waals surface area contributed by atoms with Gasteiger partial charge in [-0.25, -0.2) is 4.98 Å². The van der Waals surface area contributed by atoms with Crippen LogP contribution in [-0.4, -0.2) is 24.2 Å². The van der Waals surface area contributed by atoms with Crippen LogP contribution in [0.4, 0.5) is 11.5 Å². The molecular formula is C12H20ClN3O. The number of nitrogens with zero attached hydrogens (tertiary/aromatic N) is 1. The van der Waals surface area contributed by atoms with Crippen molar-refractivity contribution in [2.45, 2.75) is 32.8 Å². The highest BCUT2D eigenvalue weighted by atomic mass is 35.5. The summed E-state index contributed by atoms with van der Waals surface area (Å²) in [6.07, 6.45) is 2.33. The molecule has 1 aromatic rings. The van der Waals surface area contributed by atoms with Gasteiger partial charge in [0.05, 0.1) is 11.8 Å². The van der Waals surface area contributed by atoms with Crippen molar-refractivity contribution in [2.24, 2.45) is 0 Å². The number of nitrogens with one attached hydrogen (secondary N) is 1. The van der Waals surface area contributed by atoms with E-state index >= 15 is 0 Å². The molecule has 0 aliphatic rings. The number of nitrogens with two attached hydrogens (primary N) is 1. The van der Waals surface area contributed by atoms with Gasteiger partial charge >= 0.3 is 0 Å². The number of pyridine rings is 1. The Morgan fingerprint density at radius 3 is 2.88 bits per heavy atom. The normalized spacial score (nSPS) is 10.8. The third-order valence-electron chi connectivity index (χ3n) is 2.21. The van der Waals surface area contributed by atoms with E-state index in [4.69, 9.17) is 22.1 Å². The van der Waals surface area contributed by atoms with Gasteiger partial charge in [-0.3, -0.25) is 0 Å². The SMILES string of the molecule is CC(C)OCCCCNc1nc(Cl)ccc1N. The summed E-state index contributed by atoms with van der Waals surface area (Å²) in [5, 5.41) is 3.61. The second-order valence-corrected chi connectivity index (χ2v) is 4.51. The van der Waals surface area contributed by atoms with E-state index in [0.717, 1.165) is 26.0 Å². The average Bonchev–Trinajstić information content (AvgIpc) is 2.27. The van der Waals surface area contributed by atoms with Crippen LogP contribution < -0.4 is 11.1 Å². The molecule has 0 unspecified atom stereocenters. The summed E-state index contributed by atoms with van der Waals surface area (Å²) in [5.74, 6) is 0.655. The Balaban J connectivity index is 2.20. The standard InChI is InChI=1S/C12H20ClN3O/c1-9(2)17-8-4-3-7-15-12-10(14)5-6-11(13)16-12/h5-6,9H,3-4,7-8,14H2,1-2H3,(H,15,16). The van der Waals surface area contributed by atoms with Crippen LogP contribution in [0.15, 0.2) is 12.1 Å². The molecule has 1 rings (SSSR count). The van der Waals surface area contributed by atoms with Crippen molar-refractivity contribution in [1.82, 2.24) is 4.98 Å². The lowest BCUT2D eigenvalue weighted by atomic mass is 10.3. The van der Waals surface area contributed by atoms with Crippen molar-refractivity contribution in [3.05, 3.63) is 17.3 Å². The van der Waals surface area contributed by atoms with Crippen molar-refractivity contribution in [3.63, 3.8) is 0 Å². The first-order valence-electron chi connectivity index (χ1n) is 5.87. The predicted octanol–water partition coefficient (Wildman–Crippen LogP) is 2.93. The molecular weight excluding hydrogens is 238 g/mol. The molecule has 0 aliphatic heterocycles. The van der Waals surface area contributed by atoms with Crippen LogP contribution in [-0.2, 0) is 4.74 Å². The van der Waals surface area contributed by atoms with Crippen molar-refractivity contribution in [3.8, 4) is 0 Å². The van der Waals surface area contributed by atoms with Gasteiger partial charge in [0.25, 0.3) is 0 Å². The van der Waals surface area contributed by atoms with Gasteiger partial charge in [-0.05, 0) is 38.8 Å². The van der Waals surface area contributed by atoms with Crippen LogP contribution in [0.25, 0.3) is 0 Å². The number of hydrogen-bond donors (Lipinski definition) is 2. The summed E-state index contributed by atoms with van der Waals surface area (Å²) in [6.45, 7) is 5.68. The lowest BCUT2D eigenvalue weighted by molar-refractivity contribution is 0.0765. The fraction of sp³-hybridized carbons (Fsp3) is 0.583. The molecule has 0 saturated heterocycles. The molecule has 17 heavy (non-hydrogen) atoms. The maximum atomic E-state index is 5.79. The van der Waals surface area contributed by atoms with Crippen LogP contribution in [0.1, 0.15) is 26.7 Å². The fourth-order valence-corrected chi connectivity index (χ4v) is 1.49. The topological polar surface area (TPSA) is 60.2 Å². The molecule has 0 aliphatic carbocycles. The summed E-state index contributed by atoms with van der Waals surface area (Å²) >= 11 is 5.79. The van der Waals surface area contributed by atoms with Gasteiger partial charge in [0, 0.05) is 13.2 Å². The minimum Gasteiger partial charge on any atom is -0.396 e. The van der Waals surface area contributed by atoms with Crippen LogP contribution in [0.2, 0.25) is 5.15 Å². The molecule has 1 heterocycles. The van der Waals surface area contributed by atoms with Gasteiger partial charge in [0.15, 0.2) is 5.82 Å². The highest BCUT2D eigenvalue weighted by Crippen LogP contribution is 2.18. The molecule has 4 nitrogen and oxygen atoms in total. The van der Waals surface area contributed by atoms with Crippen LogP contribution in [0.3, 0.4) is 0 Å². The third kappa shape index (κ3) is 5.75. The number of rotatable bonds is 7. The molecule has 0 atom stereocenters. The highest BCUT2D eigenvalue weighted by molar-refractivity contribution is 6.29. The molecule has 0 bridgehead atoms. The van der Waals surface area contributed by atoms with E-state index in [9.17, 15) is 0 Å². The monoisotopic (exact) mass is 257 g/mol. The molecule has 0 saturated carbocycles. The number of unbranched alkanes of at least 4 members (excludes halogenated alkanes) is 1. The Morgan fingerprint density at radius 2 is 2.18 bits per heavy atom. The van der Waals surface area contributed by atoms with Crippen molar-refractivity contribution < 1.29 is 4.74 Å². The quantitative estimate of drug-likeness (QED) is 0.582. The summed E-state index contributed by atoms with van der Waals surface area (Å²) in [7, 11) is 0. The van der Waals surface area contributed by atoms with Gasteiger partial charge in [-0.1, -0.05) is 11.6 Å². The lowest BCUT2D eigenvalue weighted by Gasteiger charge is -2.09. The number of aromatic nitrogens is 1. The minimum absolute atomic E-state index is 0.299. The summed E-state index contributed by atoms with van der Waals surface area (Å²) < 4.78 is 5.45. The molecule has 0 radical (unpaired) electrons. The van der Waals surface area contributed by atoms with E-state index in [-0.39, 0.29) is 0 Å². The van der Waals surface area contributed by atoms with E-state index in [2.05, 4.69) is 10.3 Å². The molecule has 0 aromatic carbocycles.